The summed E-state index contributed by atoms with van der Waals surface area (Å²) in [6.07, 6.45) is 6.06. The first-order chi connectivity index (χ1) is 9.09. The van der Waals surface area contributed by atoms with Crippen molar-refractivity contribution in [2.24, 2.45) is 12.8 Å². The molecule has 2 amide bonds. The first-order valence-corrected chi connectivity index (χ1v) is 6.88. The van der Waals surface area contributed by atoms with E-state index in [1.807, 2.05) is 4.90 Å². The molecule has 3 N–H and O–H groups in total. The van der Waals surface area contributed by atoms with Gasteiger partial charge in [-0.1, -0.05) is 25.1 Å². The molecule has 0 radical (unpaired) electrons. The largest absolute Gasteiger partial charge is 0.389 e. The maximum atomic E-state index is 12.2. The number of carbonyl (C=O) groups is 1. The predicted octanol–water partition coefficient (Wildman–Crippen LogP) is 1.46. The number of amides is 2. The van der Waals surface area contributed by atoms with E-state index in [2.05, 4.69) is 10.4 Å². The molecule has 0 aromatic carbocycles. The summed E-state index contributed by atoms with van der Waals surface area (Å²) in [5, 5.41) is 6.93. The third-order valence-corrected chi connectivity index (χ3v) is 3.54. The Kier molecular flexibility index (Phi) is 4.36. The molecule has 1 saturated heterocycles. The van der Waals surface area contributed by atoms with Crippen LogP contribution in [0.2, 0.25) is 0 Å². The first kappa shape index (κ1) is 13.8. The Morgan fingerprint density at radius 2 is 2.00 bits per heavy atom. The second-order valence-corrected chi connectivity index (χ2v) is 5.17. The Hall–Kier alpha value is -1.63. The van der Waals surface area contributed by atoms with E-state index in [4.69, 9.17) is 18.0 Å². The SMILES string of the molecule is Cn1ncc(C(N)=S)c1NC(=O)N1CCCCCC1. The Bertz CT molecular complexity index is 476. The number of thiocarbonyl (C=S) groups is 1. The Morgan fingerprint density at radius 3 is 2.58 bits per heavy atom. The highest BCUT2D eigenvalue weighted by Crippen LogP contribution is 2.16. The Morgan fingerprint density at radius 1 is 1.37 bits per heavy atom. The monoisotopic (exact) mass is 281 g/mol. The van der Waals surface area contributed by atoms with E-state index in [0.717, 1.165) is 25.9 Å². The van der Waals surface area contributed by atoms with Crippen molar-refractivity contribution < 1.29 is 4.79 Å². The van der Waals surface area contributed by atoms with Gasteiger partial charge in [0, 0.05) is 20.1 Å². The number of rotatable bonds is 2. The van der Waals surface area contributed by atoms with Crippen molar-refractivity contribution in [3.8, 4) is 0 Å². The van der Waals surface area contributed by atoms with Gasteiger partial charge in [0.25, 0.3) is 0 Å². The molecule has 7 heteroatoms. The number of aromatic nitrogens is 2. The number of hydrogen-bond acceptors (Lipinski definition) is 3. The van der Waals surface area contributed by atoms with Crippen LogP contribution in [0.1, 0.15) is 31.2 Å². The summed E-state index contributed by atoms with van der Waals surface area (Å²) in [7, 11) is 1.75. The quantitative estimate of drug-likeness (QED) is 0.805. The van der Waals surface area contributed by atoms with Crippen LogP contribution in [0.3, 0.4) is 0 Å². The molecule has 0 aliphatic carbocycles. The summed E-state index contributed by atoms with van der Waals surface area (Å²) in [5.41, 5.74) is 6.22. The molecule has 6 nitrogen and oxygen atoms in total. The van der Waals surface area contributed by atoms with Gasteiger partial charge in [0.05, 0.1) is 11.8 Å². The number of nitrogens with one attached hydrogen (secondary N) is 1. The van der Waals surface area contributed by atoms with Crippen LogP contribution >= 0.6 is 12.2 Å². The van der Waals surface area contributed by atoms with E-state index < -0.39 is 0 Å². The van der Waals surface area contributed by atoms with E-state index in [9.17, 15) is 4.79 Å². The van der Waals surface area contributed by atoms with Crippen molar-refractivity contribution in [1.29, 1.82) is 0 Å². The van der Waals surface area contributed by atoms with Gasteiger partial charge in [0.1, 0.15) is 10.8 Å². The van der Waals surface area contributed by atoms with Crippen molar-refractivity contribution in [3.63, 3.8) is 0 Å². The highest BCUT2D eigenvalue weighted by molar-refractivity contribution is 7.80. The number of nitrogens with two attached hydrogens (primary N) is 1. The summed E-state index contributed by atoms with van der Waals surface area (Å²) < 4.78 is 1.57. The van der Waals surface area contributed by atoms with Gasteiger partial charge in [-0.3, -0.25) is 10.00 Å². The summed E-state index contributed by atoms with van der Waals surface area (Å²) >= 11 is 4.95. The fourth-order valence-electron chi connectivity index (χ4n) is 2.22. The number of anilines is 1. The van der Waals surface area contributed by atoms with E-state index >= 15 is 0 Å². The van der Waals surface area contributed by atoms with Crippen LogP contribution in [0, 0.1) is 0 Å². The molecule has 1 aromatic heterocycles. The van der Waals surface area contributed by atoms with Crippen LogP contribution in [0.25, 0.3) is 0 Å². The second kappa shape index (κ2) is 6.01. The van der Waals surface area contributed by atoms with Gasteiger partial charge in [0.2, 0.25) is 0 Å². The number of urea groups is 1. The number of likely N-dealkylation sites (tertiary alicyclic amines) is 1. The van der Waals surface area contributed by atoms with Crippen LogP contribution in [0.15, 0.2) is 6.20 Å². The maximum absolute atomic E-state index is 12.2. The minimum Gasteiger partial charge on any atom is -0.389 e. The molecule has 1 aliphatic rings. The third kappa shape index (κ3) is 3.23. The third-order valence-electron chi connectivity index (χ3n) is 3.32. The van der Waals surface area contributed by atoms with Gasteiger partial charge < -0.3 is 10.6 Å². The predicted molar refractivity (Wildman–Crippen MR) is 78.2 cm³/mol. The van der Waals surface area contributed by atoms with E-state index in [1.54, 1.807) is 17.9 Å². The summed E-state index contributed by atoms with van der Waals surface area (Å²) in [6, 6.07) is -0.108. The molecule has 0 bridgehead atoms. The Balaban J connectivity index is 2.09. The van der Waals surface area contributed by atoms with Crippen LogP contribution in [0.5, 0.6) is 0 Å². The smallest absolute Gasteiger partial charge is 0.323 e. The molecule has 2 rings (SSSR count). The van der Waals surface area contributed by atoms with Crippen molar-refractivity contribution in [1.82, 2.24) is 14.7 Å². The molecule has 104 valence electrons. The van der Waals surface area contributed by atoms with Gasteiger partial charge in [-0.25, -0.2) is 4.79 Å². The standard InChI is InChI=1S/C12H19N5OS/c1-16-11(9(8-14-16)10(13)19)15-12(18)17-6-4-2-3-5-7-17/h8H,2-7H2,1H3,(H2,13,19)(H,15,18). The van der Waals surface area contributed by atoms with Gasteiger partial charge >= 0.3 is 6.03 Å². The van der Waals surface area contributed by atoms with Gasteiger partial charge in [-0.05, 0) is 12.8 Å². The molecule has 19 heavy (non-hydrogen) atoms. The minimum atomic E-state index is -0.108. The molecule has 1 aliphatic heterocycles. The summed E-state index contributed by atoms with van der Waals surface area (Å²) in [6.45, 7) is 1.60. The van der Waals surface area contributed by atoms with Crippen molar-refractivity contribution in [2.45, 2.75) is 25.7 Å². The fourth-order valence-corrected chi connectivity index (χ4v) is 2.37. The topological polar surface area (TPSA) is 76.2 Å². The fraction of sp³-hybridized carbons (Fsp3) is 0.583. The van der Waals surface area contributed by atoms with Crippen LogP contribution in [0.4, 0.5) is 10.6 Å². The lowest BCUT2D eigenvalue weighted by Crippen LogP contribution is -2.36. The number of nitrogens with zero attached hydrogens (tertiary/aromatic N) is 3. The second-order valence-electron chi connectivity index (χ2n) is 4.73. The highest BCUT2D eigenvalue weighted by atomic mass is 32.1. The molecular formula is C12H19N5OS. The van der Waals surface area contributed by atoms with E-state index in [0.29, 0.717) is 11.4 Å². The van der Waals surface area contributed by atoms with E-state index in [-0.39, 0.29) is 11.0 Å². The molecule has 0 atom stereocenters. The maximum Gasteiger partial charge on any atom is 0.323 e. The zero-order valence-electron chi connectivity index (χ0n) is 11.1. The molecule has 1 aromatic rings. The summed E-state index contributed by atoms with van der Waals surface area (Å²) in [5.74, 6) is 0.557. The lowest BCUT2D eigenvalue weighted by molar-refractivity contribution is 0.213. The lowest BCUT2D eigenvalue weighted by atomic mass is 10.2. The minimum absolute atomic E-state index is 0.108. The zero-order chi connectivity index (χ0) is 13.8. The van der Waals surface area contributed by atoms with Crippen LogP contribution in [-0.4, -0.2) is 38.8 Å². The number of aryl methyl sites for hydroxylation is 1. The molecule has 2 heterocycles. The summed E-state index contributed by atoms with van der Waals surface area (Å²) in [4.78, 5) is 14.3. The molecule has 0 saturated carbocycles. The van der Waals surface area contributed by atoms with Gasteiger partial charge in [0.15, 0.2) is 0 Å². The van der Waals surface area contributed by atoms with Gasteiger partial charge in [-0.15, -0.1) is 0 Å². The number of carbonyl (C=O) groups excluding carboxylic acids is 1. The number of hydrogen-bond donors (Lipinski definition) is 2. The first-order valence-electron chi connectivity index (χ1n) is 6.47. The highest BCUT2D eigenvalue weighted by Gasteiger charge is 2.19. The lowest BCUT2D eigenvalue weighted by Gasteiger charge is -2.21. The molecule has 0 spiro atoms. The van der Waals surface area contributed by atoms with Crippen molar-refractivity contribution in [2.75, 3.05) is 18.4 Å². The Labute approximate surface area is 117 Å². The molecular weight excluding hydrogens is 262 g/mol. The van der Waals surface area contributed by atoms with Crippen LogP contribution in [-0.2, 0) is 7.05 Å². The zero-order valence-corrected chi connectivity index (χ0v) is 11.9. The normalized spacial score (nSPS) is 15.9. The van der Waals surface area contributed by atoms with Crippen molar-refractivity contribution >= 4 is 29.1 Å². The molecule has 0 unspecified atom stereocenters. The van der Waals surface area contributed by atoms with Crippen LogP contribution < -0.4 is 11.1 Å². The average Bonchev–Trinajstić information content (AvgIpc) is 2.60. The molecule has 1 fully saturated rings. The van der Waals surface area contributed by atoms with Crippen molar-refractivity contribution in [3.05, 3.63) is 11.8 Å². The average molecular weight is 281 g/mol. The van der Waals surface area contributed by atoms with Gasteiger partial charge in [-0.2, -0.15) is 5.10 Å². The van der Waals surface area contributed by atoms with E-state index in [1.165, 1.54) is 12.8 Å².